The number of aromatic hydroxyl groups is 1. The van der Waals surface area contributed by atoms with Crippen LogP contribution in [0.15, 0.2) is 17.1 Å². The molecule has 0 aliphatic carbocycles. The average molecular weight is 217 g/mol. The van der Waals surface area contributed by atoms with E-state index in [0.29, 0.717) is 0 Å². The van der Waals surface area contributed by atoms with Crippen LogP contribution in [0.4, 0.5) is 10.1 Å². The molecule has 0 amide bonds. The molecule has 76 valence electrons. The van der Waals surface area contributed by atoms with Crippen molar-refractivity contribution < 1.29 is 9.50 Å². The van der Waals surface area contributed by atoms with Gasteiger partial charge >= 0.3 is 0 Å². The fourth-order valence-electron chi connectivity index (χ4n) is 0.936. The van der Waals surface area contributed by atoms with E-state index in [2.05, 4.69) is 4.99 Å². The molecule has 1 aromatic rings. The molecule has 0 aliphatic heterocycles. The molecule has 0 fully saturated rings. The lowest BCUT2D eigenvalue weighted by Crippen LogP contribution is -2.12. The Hall–Kier alpha value is -1.29. The van der Waals surface area contributed by atoms with Crippen LogP contribution in [0.1, 0.15) is 5.56 Å². The number of hydrogen-bond donors (Lipinski definition) is 2. The summed E-state index contributed by atoms with van der Waals surface area (Å²) >= 11 is 5.41. The third-order valence-corrected chi connectivity index (χ3v) is 2.02. The van der Waals surface area contributed by atoms with Crippen LogP contribution < -0.4 is 5.73 Å². The maximum atomic E-state index is 12.9. The second-order valence-corrected chi connectivity index (χ2v) is 3.04. The third-order valence-electron chi connectivity index (χ3n) is 1.74. The van der Waals surface area contributed by atoms with Crippen molar-refractivity contribution in [2.45, 2.75) is 6.92 Å². The minimum absolute atomic E-state index is 0.0653. The molecule has 14 heavy (non-hydrogen) atoms. The zero-order chi connectivity index (χ0) is 10.7. The predicted molar refractivity (Wildman–Crippen MR) is 54.8 cm³/mol. The predicted octanol–water partition coefficient (Wildman–Crippen LogP) is 2.07. The Balaban J connectivity index is 3.18. The molecular weight excluding hydrogens is 207 g/mol. The highest BCUT2D eigenvalue weighted by molar-refractivity contribution is 6.28. The Kier molecular flexibility index (Phi) is 3.30. The lowest BCUT2D eigenvalue weighted by molar-refractivity contribution is 0.464. The molecule has 0 saturated heterocycles. The summed E-state index contributed by atoms with van der Waals surface area (Å²) < 4.78 is 12.9. The van der Waals surface area contributed by atoms with E-state index < -0.39 is 5.82 Å². The molecule has 3 nitrogen and oxygen atoms in total. The number of phenolic OH excluding ortho intramolecular Hbond substituents is 1. The van der Waals surface area contributed by atoms with Gasteiger partial charge in [-0.05, 0) is 19.1 Å². The first-order valence-corrected chi connectivity index (χ1v) is 4.46. The molecule has 0 atom stereocenters. The molecule has 3 N–H and O–H groups in total. The largest absolute Gasteiger partial charge is 0.505 e. The molecule has 0 bridgehead atoms. The lowest BCUT2D eigenvalue weighted by Gasteiger charge is -2.04. The summed E-state index contributed by atoms with van der Waals surface area (Å²) in [5, 5.41) is 9.48. The Morgan fingerprint density at radius 2 is 2.29 bits per heavy atom. The van der Waals surface area contributed by atoms with E-state index in [1.807, 2.05) is 0 Å². The standard InChI is InChI=1S/C9H10ClFN2O/c1-5-6(11)2-3-7(9(5)14)13-8(12)4-10/h2-3,14H,4H2,1H3,(H2,12,13). The van der Waals surface area contributed by atoms with Gasteiger partial charge in [-0.15, -0.1) is 11.6 Å². The van der Waals surface area contributed by atoms with Crippen molar-refractivity contribution in [1.29, 1.82) is 0 Å². The number of nitrogens with zero attached hydrogens (tertiary/aromatic N) is 1. The summed E-state index contributed by atoms with van der Waals surface area (Å²) in [5.74, 6) is -0.451. The molecule has 0 spiro atoms. The number of alkyl halides is 1. The van der Waals surface area contributed by atoms with Crippen molar-refractivity contribution in [1.82, 2.24) is 0 Å². The van der Waals surface area contributed by atoms with E-state index in [1.165, 1.54) is 19.1 Å². The minimum Gasteiger partial charge on any atom is -0.505 e. The van der Waals surface area contributed by atoms with E-state index in [-0.39, 0.29) is 28.7 Å². The second kappa shape index (κ2) is 4.28. The Labute approximate surface area is 86.0 Å². The molecule has 0 unspecified atom stereocenters. The maximum absolute atomic E-state index is 12.9. The molecular formula is C9H10ClFN2O. The fraction of sp³-hybridized carbons (Fsp3) is 0.222. The molecule has 1 rings (SSSR count). The number of nitrogens with two attached hydrogens (primary N) is 1. The summed E-state index contributed by atoms with van der Waals surface area (Å²) in [7, 11) is 0. The highest BCUT2D eigenvalue weighted by Crippen LogP contribution is 2.31. The zero-order valence-corrected chi connectivity index (χ0v) is 8.35. The Morgan fingerprint density at radius 3 is 2.86 bits per heavy atom. The van der Waals surface area contributed by atoms with E-state index >= 15 is 0 Å². The molecule has 0 aromatic heterocycles. The number of phenols is 1. The van der Waals surface area contributed by atoms with Gasteiger partial charge in [-0.25, -0.2) is 9.38 Å². The first-order chi connectivity index (χ1) is 6.56. The smallest absolute Gasteiger partial charge is 0.147 e. The van der Waals surface area contributed by atoms with Crippen LogP contribution in [0.5, 0.6) is 5.75 Å². The number of rotatable bonds is 2. The van der Waals surface area contributed by atoms with Gasteiger partial charge in [-0.2, -0.15) is 0 Å². The topological polar surface area (TPSA) is 58.6 Å². The van der Waals surface area contributed by atoms with Crippen molar-refractivity contribution >= 4 is 23.1 Å². The van der Waals surface area contributed by atoms with Crippen molar-refractivity contribution in [3.05, 3.63) is 23.5 Å². The van der Waals surface area contributed by atoms with E-state index in [9.17, 15) is 9.50 Å². The monoisotopic (exact) mass is 216 g/mol. The van der Waals surface area contributed by atoms with Gasteiger partial charge in [-0.1, -0.05) is 0 Å². The van der Waals surface area contributed by atoms with Gasteiger partial charge in [0.1, 0.15) is 23.1 Å². The number of benzene rings is 1. The number of hydrogen-bond acceptors (Lipinski definition) is 2. The van der Waals surface area contributed by atoms with E-state index in [4.69, 9.17) is 17.3 Å². The van der Waals surface area contributed by atoms with E-state index in [1.54, 1.807) is 0 Å². The molecule has 0 aliphatic rings. The highest BCUT2D eigenvalue weighted by Gasteiger charge is 2.07. The molecule has 0 radical (unpaired) electrons. The van der Waals surface area contributed by atoms with Crippen LogP contribution in [0.2, 0.25) is 0 Å². The van der Waals surface area contributed by atoms with Gasteiger partial charge < -0.3 is 10.8 Å². The van der Waals surface area contributed by atoms with Gasteiger partial charge in [-0.3, -0.25) is 0 Å². The summed E-state index contributed by atoms with van der Waals surface area (Å²) in [4.78, 5) is 3.82. The third kappa shape index (κ3) is 2.14. The van der Waals surface area contributed by atoms with Crippen molar-refractivity contribution in [3.63, 3.8) is 0 Å². The van der Waals surface area contributed by atoms with Gasteiger partial charge in [0.15, 0.2) is 0 Å². The van der Waals surface area contributed by atoms with Crippen LogP contribution >= 0.6 is 11.6 Å². The molecule has 5 heteroatoms. The summed E-state index contributed by atoms with van der Waals surface area (Å²) in [6.45, 7) is 1.46. The van der Waals surface area contributed by atoms with Crippen molar-refractivity contribution in [2.24, 2.45) is 10.7 Å². The SMILES string of the molecule is Cc1c(F)ccc(N=C(N)CCl)c1O. The van der Waals surface area contributed by atoms with Crippen LogP contribution in [0.3, 0.4) is 0 Å². The first-order valence-electron chi connectivity index (χ1n) is 3.93. The van der Waals surface area contributed by atoms with Crippen LogP contribution in [-0.2, 0) is 0 Å². The van der Waals surface area contributed by atoms with Crippen LogP contribution in [0, 0.1) is 12.7 Å². The van der Waals surface area contributed by atoms with Gasteiger partial charge in [0.2, 0.25) is 0 Å². The fourth-order valence-corrected chi connectivity index (χ4v) is 0.996. The number of amidine groups is 1. The lowest BCUT2D eigenvalue weighted by atomic mass is 10.2. The van der Waals surface area contributed by atoms with Gasteiger partial charge in [0, 0.05) is 5.56 Å². The quantitative estimate of drug-likeness (QED) is 0.452. The normalized spacial score (nSPS) is 11.8. The average Bonchev–Trinajstić information content (AvgIpc) is 2.19. The van der Waals surface area contributed by atoms with Crippen molar-refractivity contribution in [3.8, 4) is 5.75 Å². The maximum Gasteiger partial charge on any atom is 0.147 e. The molecule has 0 saturated carbocycles. The van der Waals surface area contributed by atoms with Crippen molar-refractivity contribution in [2.75, 3.05) is 5.88 Å². The summed E-state index contributed by atoms with van der Waals surface area (Å²) in [6, 6.07) is 2.56. The second-order valence-electron chi connectivity index (χ2n) is 2.78. The number of aliphatic imine (C=N–C) groups is 1. The van der Waals surface area contributed by atoms with Crippen LogP contribution in [-0.4, -0.2) is 16.8 Å². The highest BCUT2D eigenvalue weighted by atomic mass is 35.5. The first kappa shape index (κ1) is 10.8. The minimum atomic E-state index is -0.481. The van der Waals surface area contributed by atoms with Gasteiger partial charge in [0.05, 0.1) is 5.88 Å². The van der Waals surface area contributed by atoms with Crippen LogP contribution in [0.25, 0.3) is 0 Å². The Morgan fingerprint density at radius 1 is 1.64 bits per heavy atom. The summed E-state index contributed by atoms with van der Waals surface area (Å²) in [6.07, 6.45) is 0. The molecule has 1 aromatic carbocycles. The Bertz CT molecular complexity index is 379. The number of halogens is 2. The zero-order valence-electron chi connectivity index (χ0n) is 7.59. The van der Waals surface area contributed by atoms with Gasteiger partial charge in [0.25, 0.3) is 0 Å². The van der Waals surface area contributed by atoms with E-state index in [0.717, 1.165) is 0 Å². The molecule has 0 heterocycles. The summed E-state index contributed by atoms with van der Waals surface area (Å²) in [5.41, 5.74) is 5.75.